The number of hydrogen-bond acceptors (Lipinski definition) is 4. The minimum absolute atomic E-state index is 0.0637. The summed E-state index contributed by atoms with van der Waals surface area (Å²) in [5.74, 6) is 0. The van der Waals surface area contributed by atoms with Crippen molar-refractivity contribution < 1.29 is 8.42 Å². The van der Waals surface area contributed by atoms with Crippen molar-refractivity contribution in [1.29, 1.82) is 0 Å². The van der Waals surface area contributed by atoms with Gasteiger partial charge in [-0.2, -0.15) is 5.10 Å². The Morgan fingerprint density at radius 3 is 2.35 bits per heavy atom. The molecule has 1 heterocycles. The van der Waals surface area contributed by atoms with Crippen molar-refractivity contribution in [2.45, 2.75) is 17.9 Å². The molecule has 2 rings (SSSR count). The molecule has 0 aliphatic heterocycles. The summed E-state index contributed by atoms with van der Waals surface area (Å²) >= 11 is 0. The van der Waals surface area contributed by atoms with E-state index in [-0.39, 0.29) is 10.9 Å². The van der Waals surface area contributed by atoms with Crippen LogP contribution < -0.4 is 5.32 Å². The minimum atomic E-state index is -3.38. The Morgan fingerprint density at radius 2 is 1.85 bits per heavy atom. The molecule has 1 aromatic carbocycles. The van der Waals surface area contributed by atoms with Gasteiger partial charge in [-0.25, -0.2) is 12.7 Å². The van der Waals surface area contributed by atoms with Gasteiger partial charge in [0.2, 0.25) is 10.0 Å². The molecule has 0 saturated heterocycles. The summed E-state index contributed by atoms with van der Waals surface area (Å²) < 4.78 is 25.1. The van der Waals surface area contributed by atoms with Crippen LogP contribution in [0.2, 0.25) is 0 Å². The van der Waals surface area contributed by atoms with Crippen molar-refractivity contribution in [3.63, 3.8) is 0 Å². The fraction of sp³-hybridized carbons (Fsp3) is 0.308. The van der Waals surface area contributed by atoms with Crippen molar-refractivity contribution >= 4 is 15.7 Å². The third-order valence-corrected chi connectivity index (χ3v) is 4.83. The van der Waals surface area contributed by atoms with E-state index >= 15 is 0 Å². The minimum Gasteiger partial charge on any atom is -0.377 e. The first-order valence-corrected chi connectivity index (χ1v) is 7.63. The molecule has 20 heavy (non-hydrogen) atoms. The molecule has 0 radical (unpaired) electrons. The van der Waals surface area contributed by atoms with E-state index in [1.54, 1.807) is 30.5 Å². The first-order chi connectivity index (χ1) is 9.41. The van der Waals surface area contributed by atoms with Gasteiger partial charge in [-0.05, 0) is 37.3 Å². The summed E-state index contributed by atoms with van der Waals surface area (Å²) in [5, 5.41) is 10.1. The van der Waals surface area contributed by atoms with Crippen LogP contribution in [0.25, 0.3) is 0 Å². The summed E-state index contributed by atoms with van der Waals surface area (Å²) in [6, 6.07) is 8.65. The van der Waals surface area contributed by atoms with Gasteiger partial charge < -0.3 is 5.32 Å². The van der Waals surface area contributed by atoms with Gasteiger partial charge in [0.25, 0.3) is 0 Å². The fourth-order valence-electron chi connectivity index (χ4n) is 1.77. The maximum absolute atomic E-state index is 11.9. The second-order valence-corrected chi connectivity index (χ2v) is 6.84. The lowest BCUT2D eigenvalue weighted by Gasteiger charge is -2.15. The molecule has 6 nitrogen and oxygen atoms in total. The molecular weight excluding hydrogens is 276 g/mol. The molecule has 7 heteroatoms. The van der Waals surface area contributed by atoms with Crippen LogP contribution in [-0.4, -0.2) is 37.0 Å². The SMILES string of the molecule is CC(Nc1ccc(S(=O)(=O)N(C)C)cc1)c1ccn[nH]1. The summed E-state index contributed by atoms with van der Waals surface area (Å²) in [7, 11) is -0.345. The highest BCUT2D eigenvalue weighted by molar-refractivity contribution is 7.89. The molecule has 0 amide bonds. The number of anilines is 1. The molecule has 2 N–H and O–H groups in total. The van der Waals surface area contributed by atoms with E-state index in [0.717, 1.165) is 11.4 Å². The van der Waals surface area contributed by atoms with Crippen LogP contribution in [0.1, 0.15) is 18.7 Å². The van der Waals surface area contributed by atoms with Crippen molar-refractivity contribution in [3.8, 4) is 0 Å². The zero-order chi connectivity index (χ0) is 14.8. The van der Waals surface area contributed by atoms with Crippen LogP contribution in [0.4, 0.5) is 5.69 Å². The van der Waals surface area contributed by atoms with Gasteiger partial charge in [0, 0.05) is 26.0 Å². The summed E-state index contributed by atoms with van der Waals surface area (Å²) in [6.45, 7) is 2.00. The molecule has 0 saturated carbocycles. The Kier molecular flexibility index (Phi) is 4.10. The third-order valence-electron chi connectivity index (χ3n) is 3.00. The van der Waals surface area contributed by atoms with Crippen molar-refractivity contribution in [1.82, 2.24) is 14.5 Å². The highest BCUT2D eigenvalue weighted by atomic mass is 32.2. The molecule has 0 aliphatic carbocycles. The number of sulfonamides is 1. The number of H-pyrrole nitrogens is 1. The molecule has 2 aromatic rings. The third kappa shape index (κ3) is 3.00. The van der Waals surface area contributed by atoms with E-state index in [4.69, 9.17) is 0 Å². The van der Waals surface area contributed by atoms with Crippen LogP contribution in [0.3, 0.4) is 0 Å². The molecular formula is C13H18N4O2S. The lowest BCUT2D eigenvalue weighted by molar-refractivity contribution is 0.521. The molecule has 0 fully saturated rings. The molecule has 1 aromatic heterocycles. The molecule has 1 atom stereocenters. The van der Waals surface area contributed by atoms with Gasteiger partial charge in [-0.15, -0.1) is 0 Å². The lowest BCUT2D eigenvalue weighted by Crippen LogP contribution is -2.22. The van der Waals surface area contributed by atoms with Crippen LogP contribution in [0, 0.1) is 0 Å². The predicted molar refractivity (Wildman–Crippen MR) is 77.9 cm³/mol. The van der Waals surface area contributed by atoms with Crippen LogP contribution in [-0.2, 0) is 10.0 Å². The second-order valence-electron chi connectivity index (χ2n) is 4.69. The molecule has 0 bridgehead atoms. The van der Waals surface area contributed by atoms with Gasteiger partial charge in [0.1, 0.15) is 0 Å². The van der Waals surface area contributed by atoms with Crippen molar-refractivity contribution in [2.24, 2.45) is 0 Å². The van der Waals surface area contributed by atoms with Crippen molar-refractivity contribution in [2.75, 3.05) is 19.4 Å². The monoisotopic (exact) mass is 294 g/mol. The molecule has 108 valence electrons. The van der Waals surface area contributed by atoms with Crippen LogP contribution >= 0.6 is 0 Å². The average Bonchev–Trinajstić information content (AvgIpc) is 2.93. The maximum Gasteiger partial charge on any atom is 0.242 e. The van der Waals surface area contributed by atoms with E-state index in [9.17, 15) is 8.42 Å². The number of benzene rings is 1. The molecule has 0 spiro atoms. The standard InChI is InChI=1S/C13H18N4O2S/c1-10(13-8-9-14-16-13)15-11-4-6-12(7-5-11)20(18,19)17(2)3/h4-10,15H,1-3H3,(H,14,16). The topological polar surface area (TPSA) is 78.1 Å². The molecule has 1 unspecified atom stereocenters. The van der Waals surface area contributed by atoms with Gasteiger partial charge >= 0.3 is 0 Å². The number of hydrogen-bond donors (Lipinski definition) is 2. The Hall–Kier alpha value is -1.86. The van der Waals surface area contributed by atoms with Gasteiger partial charge in [0.15, 0.2) is 0 Å². The van der Waals surface area contributed by atoms with E-state index in [2.05, 4.69) is 15.5 Å². The van der Waals surface area contributed by atoms with Gasteiger partial charge in [0.05, 0.1) is 16.6 Å². The lowest BCUT2D eigenvalue weighted by atomic mass is 10.2. The quantitative estimate of drug-likeness (QED) is 0.882. The van der Waals surface area contributed by atoms with E-state index in [1.807, 2.05) is 13.0 Å². The highest BCUT2D eigenvalue weighted by Crippen LogP contribution is 2.20. The second kappa shape index (κ2) is 5.64. The number of nitrogens with zero attached hydrogens (tertiary/aromatic N) is 2. The van der Waals surface area contributed by atoms with E-state index in [1.165, 1.54) is 18.4 Å². The van der Waals surface area contributed by atoms with Gasteiger partial charge in [-0.3, -0.25) is 5.10 Å². The number of rotatable bonds is 5. The summed E-state index contributed by atoms with van der Waals surface area (Å²) in [5.41, 5.74) is 1.82. The molecule has 0 aliphatic rings. The summed E-state index contributed by atoms with van der Waals surface area (Å²) in [6.07, 6.45) is 1.69. The van der Waals surface area contributed by atoms with Crippen LogP contribution in [0.5, 0.6) is 0 Å². The van der Waals surface area contributed by atoms with E-state index in [0.29, 0.717) is 0 Å². The average molecular weight is 294 g/mol. The van der Waals surface area contributed by atoms with Gasteiger partial charge in [-0.1, -0.05) is 0 Å². The Bertz CT molecular complexity index is 648. The first-order valence-electron chi connectivity index (χ1n) is 6.19. The Morgan fingerprint density at radius 1 is 1.20 bits per heavy atom. The largest absolute Gasteiger partial charge is 0.377 e. The Balaban J connectivity index is 2.13. The number of aromatic nitrogens is 2. The Labute approximate surface area is 118 Å². The normalized spacial score (nSPS) is 13.4. The predicted octanol–water partition coefficient (Wildman–Crippen LogP) is 1.83. The number of aromatic amines is 1. The fourth-order valence-corrected chi connectivity index (χ4v) is 2.67. The number of nitrogens with one attached hydrogen (secondary N) is 2. The zero-order valence-corrected chi connectivity index (χ0v) is 12.5. The first kappa shape index (κ1) is 14.5. The van der Waals surface area contributed by atoms with Crippen LogP contribution in [0.15, 0.2) is 41.4 Å². The highest BCUT2D eigenvalue weighted by Gasteiger charge is 2.16. The smallest absolute Gasteiger partial charge is 0.242 e. The zero-order valence-electron chi connectivity index (χ0n) is 11.7. The van der Waals surface area contributed by atoms with E-state index < -0.39 is 10.0 Å². The van der Waals surface area contributed by atoms with Crippen molar-refractivity contribution in [3.05, 3.63) is 42.2 Å². The summed E-state index contributed by atoms with van der Waals surface area (Å²) in [4.78, 5) is 0.280. The maximum atomic E-state index is 11.9.